The van der Waals surface area contributed by atoms with Gasteiger partial charge in [0, 0.05) is 23.2 Å². The van der Waals surface area contributed by atoms with Gasteiger partial charge < -0.3 is 14.5 Å². The van der Waals surface area contributed by atoms with Crippen LogP contribution in [0.3, 0.4) is 0 Å². The minimum absolute atomic E-state index is 0.0825. The summed E-state index contributed by atoms with van der Waals surface area (Å²) >= 11 is 7.05. The van der Waals surface area contributed by atoms with Crippen LogP contribution in [0.15, 0.2) is 68.9 Å². The molecule has 1 aliphatic rings. The molecule has 0 radical (unpaired) electrons. The van der Waals surface area contributed by atoms with E-state index in [1.165, 1.54) is 37.1 Å². The van der Waals surface area contributed by atoms with E-state index in [2.05, 4.69) is 10.3 Å². The number of carbonyl (C=O) groups is 1. The number of nitrogens with zero attached hydrogens (tertiary/aromatic N) is 2. The zero-order valence-corrected chi connectivity index (χ0v) is 17.6. The molecular formula is C21H14ClN3O5S. The maximum atomic E-state index is 12.3. The molecule has 0 saturated carbocycles. The quantitative estimate of drug-likeness (QED) is 0.313. The van der Waals surface area contributed by atoms with E-state index in [4.69, 9.17) is 20.8 Å². The van der Waals surface area contributed by atoms with Gasteiger partial charge in [0.05, 0.1) is 28.2 Å². The molecule has 0 aliphatic carbocycles. The number of rotatable bonds is 5. The molecule has 2 aromatic carbocycles. The fourth-order valence-corrected chi connectivity index (χ4v) is 3.77. The summed E-state index contributed by atoms with van der Waals surface area (Å²) in [6, 6.07) is 14.5. The van der Waals surface area contributed by atoms with Gasteiger partial charge in [-0.1, -0.05) is 11.6 Å². The number of non-ortho nitro benzene ring substituents is 1. The smallest absolute Gasteiger partial charge is 0.270 e. The molecule has 3 aromatic rings. The third-order valence-electron chi connectivity index (χ3n) is 4.27. The first kappa shape index (κ1) is 20.7. The summed E-state index contributed by atoms with van der Waals surface area (Å²) in [5.41, 5.74) is 1.02. The first-order chi connectivity index (χ1) is 14.9. The molecule has 1 saturated heterocycles. The largest absolute Gasteiger partial charge is 0.496 e. The Kier molecular flexibility index (Phi) is 5.79. The van der Waals surface area contributed by atoms with Gasteiger partial charge in [0.1, 0.15) is 17.3 Å². The Bertz CT molecular complexity index is 1230. The van der Waals surface area contributed by atoms with Gasteiger partial charge in [-0.2, -0.15) is 0 Å². The van der Waals surface area contributed by atoms with Crippen molar-refractivity contribution in [3.63, 3.8) is 0 Å². The van der Waals surface area contributed by atoms with E-state index < -0.39 is 4.92 Å². The third kappa shape index (κ3) is 4.62. The molecular weight excluding hydrogens is 442 g/mol. The summed E-state index contributed by atoms with van der Waals surface area (Å²) in [7, 11) is 1.47. The van der Waals surface area contributed by atoms with Crippen LogP contribution in [0.4, 0.5) is 11.4 Å². The van der Waals surface area contributed by atoms with Crippen LogP contribution in [0.5, 0.6) is 5.75 Å². The van der Waals surface area contributed by atoms with Crippen LogP contribution in [0.1, 0.15) is 5.76 Å². The van der Waals surface area contributed by atoms with E-state index in [1.807, 2.05) is 0 Å². The zero-order chi connectivity index (χ0) is 22.0. The van der Waals surface area contributed by atoms with Gasteiger partial charge in [0.2, 0.25) is 0 Å². The van der Waals surface area contributed by atoms with E-state index in [0.717, 1.165) is 0 Å². The highest BCUT2D eigenvalue weighted by molar-refractivity contribution is 8.18. The molecule has 1 amide bonds. The maximum Gasteiger partial charge on any atom is 0.270 e. The van der Waals surface area contributed by atoms with Crippen LogP contribution >= 0.6 is 23.4 Å². The first-order valence-corrected chi connectivity index (χ1v) is 10.1. The molecule has 1 N–H and O–H groups in total. The van der Waals surface area contributed by atoms with E-state index in [9.17, 15) is 14.9 Å². The fraction of sp³-hybridized carbons (Fsp3) is 0.0476. The van der Waals surface area contributed by atoms with E-state index in [1.54, 1.807) is 42.5 Å². The van der Waals surface area contributed by atoms with E-state index >= 15 is 0 Å². The van der Waals surface area contributed by atoms with E-state index in [-0.39, 0.29) is 11.6 Å². The molecule has 0 bridgehead atoms. The van der Waals surface area contributed by atoms with Crippen molar-refractivity contribution in [3.8, 4) is 17.1 Å². The molecule has 0 atom stereocenters. The van der Waals surface area contributed by atoms with Crippen LogP contribution in [-0.4, -0.2) is 23.1 Å². The SMILES string of the molecule is COc1ccc([N+](=O)[O-])cc1-c1ccc(/C=C2\SC(=Nc3ccc(Cl)cc3)NC2=O)o1. The molecule has 156 valence electrons. The molecule has 31 heavy (non-hydrogen) atoms. The zero-order valence-electron chi connectivity index (χ0n) is 16.0. The predicted octanol–water partition coefficient (Wildman–Crippen LogP) is 5.41. The predicted molar refractivity (Wildman–Crippen MR) is 120 cm³/mol. The molecule has 4 rings (SSSR count). The monoisotopic (exact) mass is 455 g/mol. The van der Waals surface area contributed by atoms with Crippen molar-refractivity contribution in [1.29, 1.82) is 0 Å². The number of halogens is 1. The van der Waals surface area contributed by atoms with Gasteiger partial charge in [-0.05, 0) is 54.2 Å². The lowest BCUT2D eigenvalue weighted by atomic mass is 10.1. The van der Waals surface area contributed by atoms with Crippen molar-refractivity contribution in [2.45, 2.75) is 0 Å². The Hall–Kier alpha value is -3.56. The van der Waals surface area contributed by atoms with Gasteiger partial charge in [-0.25, -0.2) is 4.99 Å². The lowest BCUT2D eigenvalue weighted by Gasteiger charge is -2.05. The van der Waals surface area contributed by atoms with Crippen molar-refractivity contribution >= 4 is 51.9 Å². The highest BCUT2D eigenvalue weighted by Gasteiger charge is 2.24. The van der Waals surface area contributed by atoms with Crippen LogP contribution in [0.2, 0.25) is 5.02 Å². The number of hydrogen-bond acceptors (Lipinski definition) is 7. The van der Waals surface area contributed by atoms with Gasteiger partial charge in [0.15, 0.2) is 5.17 Å². The van der Waals surface area contributed by atoms with Crippen LogP contribution in [0.25, 0.3) is 17.4 Å². The number of benzene rings is 2. The number of amides is 1. The van der Waals surface area contributed by atoms with Crippen molar-refractivity contribution in [3.05, 3.63) is 80.4 Å². The van der Waals surface area contributed by atoms with Gasteiger partial charge >= 0.3 is 0 Å². The number of nitrogens with one attached hydrogen (secondary N) is 1. The van der Waals surface area contributed by atoms with Crippen LogP contribution < -0.4 is 10.1 Å². The third-order valence-corrected chi connectivity index (χ3v) is 5.43. The number of amidine groups is 1. The second kappa shape index (κ2) is 8.66. The summed E-state index contributed by atoms with van der Waals surface area (Å²) in [5, 5.41) is 14.8. The summed E-state index contributed by atoms with van der Waals surface area (Å²) in [6.07, 6.45) is 1.58. The Morgan fingerprint density at radius 2 is 1.97 bits per heavy atom. The van der Waals surface area contributed by atoms with Crippen molar-refractivity contribution in [2.75, 3.05) is 7.11 Å². The maximum absolute atomic E-state index is 12.3. The Labute approximate surface area is 185 Å². The summed E-state index contributed by atoms with van der Waals surface area (Å²) < 4.78 is 11.1. The second-order valence-corrected chi connectivity index (χ2v) is 7.77. The fourth-order valence-electron chi connectivity index (χ4n) is 2.82. The number of carbonyl (C=O) groups excluding carboxylic acids is 1. The van der Waals surface area contributed by atoms with Crippen LogP contribution in [-0.2, 0) is 4.79 Å². The molecule has 2 heterocycles. The number of hydrogen-bond donors (Lipinski definition) is 1. The summed E-state index contributed by atoms with van der Waals surface area (Å²) in [4.78, 5) is 27.7. The Morgan fingerprint density at radius 1 is 1.19 bits per heavy atom. The number of nitro groups is 1. The molecule has 1 aliphatic heterocycles. The lowest BCUT2D eigenvalue weighted by Crippen LogP contribution is -2.19. The molecule has 0 unspecified atom stereocenters. The number of nitro benzene ring substituents is 1. The molecule has 1 fully saturated rings. The van der Waals surface area contributed by atoms with Gasteiger partial charge in [-0.3, -0.25) is 14.9 Å². The molecule has 1 aromatic heterocycles. The van der Waals surface area contributed by atoms with Gasteiger partial charge in [-0.15, -0.1) is 0 Å². The van der Waals surface area contributed by atoms with Crippen molar-refractivity contribution in [1.82, 2.24) is 5.32 Å². The van der Waals surface area contributed by atoms with Crippen LogP contribution in [0, 0.1) is 10.1 Å². The molecule has 8 nitrogen and oxygen atoms in total. The number of furan rings is 1. The average molecular weight is 456 g/mol. The summed E-state index contributed by atoms with van der Waals surface area (Å²) in [6.45, 7) is 0. The highest BCUT2D eigenvalue weighted by atomic mass is 35.5. The number of thioether (sulfide) groups is 1. The number of aliphatic imine (C=N–C) groups is 1. The van der Waals surface area contributed by atoms with Crippen molar-refractivity contribution < 1.29 is 18.9 Å². The van der Waals surface area contributed by atoms with Gasteiger partial charge in [0.25, 0.3) is 11.6 Å². The minimum atomic E-state index is -0.490. The average Bonchev–Trinajstić information content (AvgIpc) is 3.36. The highest BCUT2D eigenvalue weighted by Crippen LogP contribution is 2.35. The van der Waals surface area contributed by atoms with Crippen molar-refractivity contribution in [2.24, 2.45) is 4.99 Å². The normalized spacial score (nSPS) is 16.0. The first-order valence-electron chi connectivity index (χ1n) is 8.91. The Balaban J connectivity index is 1.59. The number of methoxy groups -OCH3 is 1. The lowest BCUT2D eigenvalue weighted by molar-refractivity contribution is -0.384. The summed E-state index contributed by atoms with van der Waals surface area (Å²) in [5.74, 6) is 0.924. The van der Waals surface area contributed by atoms with E-state index in [0.29, 0.717) is 43.6 Å². The molecule has 0 spiro atoms. The topological polar surface area (TPSA) is 107 Å². The second-order valence-electron chi connectivity index (χ2n) is 6.30. The number of ether oxygens (including phenoxy) is 1. The standard InChI is InChI=1S/C21H14ClN3O5S/c1-29-17-8-6-14(25(27)28)10-16(17)18-9-7-15(30-18)11-19-20(26)24-21(31-19)23-13-4-2-12(22)3-5-13/h2-11H,1H3,(H,23,24,26)/b19-11-. The Morgan fingerprint density at radius 3 is 2.68 bits per heavy atom. The minimum Gasteiger partial charge on any atom is -0.496 e. The molecule has 10 heteroatoms.